The summed E-state index contributed by atoms with van der Waals surface area (Å²) in [6, 6.07) is 5.78. The second-order valence-electron chi connectivity index (χ2n) is 7.11. The lowest BCUT2D eigenvalue weighted by Crippen LogP contribution is -2.48. The number of rotatable bonds is 5. The van der Waals surface area contributed by atoms with Crippen LogP contribution in [-0.4, -0.2) is 60.1 Å². The van der Waals surface area contributed by atoms with Crippen molar-refractivity contribution in [3.8, 4) is 0 Å². The largest absolute Gasteiger partial charge is 0.380 e. The van der Waals surface area contributed by atoms with Gasteiger partial charge in [-0.1, -0.05) is 19.9 Å². The van der Waals surface area contributed by atoms with Crippen LogP contribution in [0.25, 0.3) is 0 Å². The maximum Gasteiger partial charge on any atom is 0.272 e. The third-order valence-corrected chi connectivity index (χ3v) is 5.11. The molecule has 126 valence electrons. The first kappa shape index (κ1) is 16.4. The molecule has 1 aromatic heterocycles. The van der Waals surface area contributed by atoms with Gasteiger partial charge >= 0.3 is 0 Å². The third-order valence-electron chi connectivity index (χ3n) is 5.11. The van der Waals surface area contributed by atoms with E-state index in [0.717, 1.165) is 50.1 Å². The van der Waals surface area contributed by atoms with Crippen LogP contribution in [0.3, 0.4) is 0 Å². The predicted octanol–water partition coefficient (Wildman–Crippen LogP) is 2.03. The molecular weight excluding hydrogens is 290 g/mol. The molecule has 2 aliphatic rings. The second kappa shape index (κ2) is 6.97. The normalized spacial score (nSPS) is 22.6. The topological polar surface area (TPSA) is 45.7 Å². The first-order valence-corrected chi connectivity index (χ1v) is 8.57. The summed E-state index contributed by atoms with van der Waals surface area (Å²) < 4.78 is 5.33. The molecule has 5 nitrogen and oxygen atoms in total. The van der Waals surface area contributed by atoms with Gasteiger partial charge in [0.2, 0.25) is 0 Å². The van der Waals surface area contributed by atoms with Crippen LogP contribution in [-0.2, 0) is 11.3 Å². The summed E-state index contributed by atoms with van der Waals surface area (Å²) in [4.78, 5) is 21.4. The lowest BCUT2D eigenvalue weighted by molar-refractivity contribution is 0.0599. The van der Waals surface area contributed by atoms with E-state index in [4.69, 9.17) is 4.74 Å². The number of pyridine rings is 1. The standard InChI is InChI=1S/C18H27N3O2/c1-13(2)14-9-20(10-14)11-15-5-4-6-17(19-15)18(22)21-8-7-16(12-21)23-3/h4-6,13-14,16H,7-12H2,1-3H3. The number of likely N-dealkylation sites (tertiary alicyclic amines) is 2. The summed E-state index contributed by atoms with van der Waals surface area (Å²) in [6.07, 6.45) is 1.07. The Morgan fingerprint density at radius 2 is 2.13 bits per heavy atom. The van der Waals surface area contributed by atoms with E-state index >= 15 is 0 Å². The summed E-state index contributed by atoms with van der Waals surface area (Å²) in [7, 11) is 1.70. The number of hydrogen-bond acceptors (Lipinski definition) is 4. The molecule has 5 heteroatoms. The first-order chi connectivity index (χ1) is 11.1. The average molecular weight is 317 g/mol. The van der Waals surface area contributed by atoms with Gasteiger partial charge in [0.25, 0.3) is 5.91 Å². The van der Waals surface area contributed by atoms with E-state index in [1.54, 1.807) is 7.11 Å². The molecule has 0 spiro atoms. The molecule has 0 saturated carbocycles. The van der Waals surface area contributed by atoms with Crippen LogP contribution in [0.2, 0.25) is 0 Å². The van der Waals surface area contributed by atoms with Crippen LogP contribution < -0.4 is 0 Å². The van der Waals surface area contributed by atoms with Gasteiger partial charge in [0.15, 0.2) is 0 Å². The van der Waals surface area contributed by atoms with Crippen molar-refractivity contribution in [1.82, 2.24) is 14.8 Å². The number of nitrogens with zero attached hydrogens (tertiary/aromatic N) is 3. The van der Waals surface area contributed by atoms with Crippen molar-refractivity contribution in [3.63, 3.8) is 0 Å². The van der Waals surface area contributed by atoms with Gasteiger partial charge in [-0.05, 0) is 30.4 Å². The summed E-state index contributed by atoms with van der Waals surface area (Å²) in [5.74, 6) is 1.57. The number of carbonyl (C=O) groups is 1. The highest BCUT2D eigenvalue weighted by Gasteiger charge is 2.30. The second-order valence-corrected chi connectivity index (χ2v) is 7.11. The Balaban J connectivity index is 1.58. The van der Waals surface area contributed by atoms with Crippen molar-refractivity contribution in [1.29, 1.82) is 0 Å². The smallest absolute Gasteiger partial charge is 0.272 e. The van der Waals surface area contributed by atoms with E-state index in [1.807, 2.05) is 23.1 Å². The lowest BCUT2D eigenvalue weighted by Gasteiger charge is -2.41. The summed E-state index contributed by atoms with van der Waals surface area (Å²) in [6.45, 7) is 9.10. The van der Waals surface area contributed by atoms with Crippen LogP contribution in [0.15, 0.2) is 18.2 Å². The molecule has 2 saturated heterocycles. The summed E-state index contributed by atoms with van der Waals surface area (Å²) >= 11 is 0. The molecule has 0 aromatic carbocycles. The molecule has 3 heterocycles. The van der Waals surface area contributed by atoms with Crippen LogP contribution in [0.4, 0.5) is 0 Å². The van der Waals surface area contributed by atoms with Crippen molar-refractivity contribution < 1.29 is 9.53 Å². The Labute approximate surface area is 138 Å². The molecule has 1 amide bonds. The SMILES string of the molecule is COC1CCN(C(=O)c2cccc(CN3CC(C(C)C)C3)n2)C1. The van der Waals surface area contributed by atoms with Crippen molar-refractivity contribution in [2.75, 3.05) is 33.3 Å². The van der Waals surface area contributed by atoms with Crippen molar-refractivity contribution in [2.45, 2.75) is 32.9 Å². The summed E-state index contributed by atoms with van der Waals surface area (Å²) in [5, 5.41) is 0. The van der Waals surface area contributed by atoms with Crippen LogP contribution in [0.5, 0.6) is 0 Å². The molecule has 1 atom stereocenters. The van der Waals surface area contributed by atoms with Crippen molar-refractivity contribution >= 4 is 5.91 Å². The molecule has 0 N–H and O–H groups in total. The third kappa shape index (κ3) is 3.72. The average Bonchev–Trinajstić information content (AvgIpc) is 2.98. The van der Waals surface area contributed by atoms with Gasteiger partial charge in [-0.3, -0.25) is 9.69 Å². The van der Waals surface area contributed by atoms with Gasteiger partial charge in [-0.15, -0.1) is 0 Å². The fraction of sp³-hybridized carbons (Fsp3) is 0.667. The van der Waals surface area contributed by atoms with Gasteiger partial charge in [0.1, 0.15) is 5.69 Å². The van der Waals surface area contributed by atoms with Gasteiger partial charge in [-0.25, -0.2) is 4.98 Å². The Morgan fingerprint density at radius 1 is 1.35 bits per heavy atom. The molecular formula is C18H27N3O2. The zero-order valence-corrected chi connectivity index (χ0v) is 14.4. The fourth-order valence-corrected chi connectivity index (χ4v) is 3.34. The number of hydrogen-bond donors (Lipinski definition) is 0. The molecule has 2 fully saturated rings. The molecule has 1 unspecified atom stereocenters. The van der Waals surface area contributed by atoms with E-state index in [0.29, 0.717) is 12.2 Å². The first-order valence-electron chi connectivity index (χ1n) is 8.57. The van der Waals surface area contributed by atoms with Gasteiger partial charge in [0, 0.05) is 39.8 Å². The lowest BCUT2D eigenvalue weighted by atomic mass is 9.88. The minimum atomic E-state index is 0.0232. The Hall–Kier alpha value is -1.46. The number of aromatic nitrogens is 1. The molecule has 23 heavy (non-hydrogen) atoms. The molecule has 0 bridgehead atoms. The quantitative estimate of drug-likeness (QED) is 0.833. The van der Waals surface area contributed by atoms with Crippen LogP contribution >= 0.6 is 0 Å². The van der Waals surface area contributed by atoms with E-state index < -0.39 is 0 Å². The van der Waals surface area contributed by atoms with E-state index in [-0.39, 0.29) is 12.0 Å². The number of methoxy groups -OCH3 is 1. The van der Waals surface area contributed by atoms with Gasteiger partial charge in [0.05, 0.1) is 11.8 Å². The number of amides is 1. The molecule has 0 aliphatic carbocycles. The minimum Gasteiger partial charge on any atom is -0.380 e. The van der Waals surface area contributed by atoms with E-state index in [1.165, 1.54) is 0 Å². The van der Waals surface area contributed by atoms with Crippen molar-refractivity contribution in [2.24, 2.45) is 11.8 Å². The maximum absolute atomic E-state index is 12.6. The molecule has 3 rings (SSSR count). The zero-order chi connectivity index (χ0) is 16.4. The maximum atomic E-state index is 12.6. The molecule has 2 aliphatic heterocycles. The number of carbonyl (C=O) groups excluding carboxylic acids is 1. The monoisotopic (exact) mass is 317 g/mol. The van der Waals surface area contributed by atoms with Crippen LogP contribution in [0.1, 0.15) is 36.5 Å². The Morgan fingerprint density at radius 3 is 2.78 bits per heavy atom. The zero-order valence-electron chi connectivity index (χ0n) is 14.4. The highest BCUT2D eigenvalue weighted by molar-refractivity contribution is 5.92. The highest BCUT2D eigenvalue weighted by atomic mass is 16.5. The Bertz CT molecular complexity index is 555. The Kier molecular flexibility index (Phi) is 4.97. The van der Waals surface area contributed by atoms with Gasteiger partial charge in [-0.2, -0.15) is 0 Å². The van der Waals surface area contributed by atoms with Gasteiger partial charge < -0.3 is 9.64 Å². The van der Waals surface area contributed by atoms with Crippen LogP contribution in [0, 0.1) is 11.8 Å². The van der Waals surface area contributed by atoms with E-state index in [9.17, 15) is 4.79 Å². The van der Waals surface area contributed by atoms with Crippen molar-refractivity contribution in [3.05, 3.63) is 29.6 Å². The number of ether oxygens (including phenoxy) is 1. The molecule has 1 aromatic rings. The van der Waals surface area contributed by atoms with E-state index in [2.05, 4.69) is 23.7 Å². The fourth-order valence-electron chi connectivity index (χ4n) is 3.34. The molecule has 0 radical (unpaired) electrons. The highest BCUT2D eigenvalue weighted by Crippen LogP contribution is 2.24. The predicted molar refractivity (Wildman–Crippen MR) is 89.2 cm³/mol. The minimum absolute atomic E-state index is 0.0232. The summed E-state index contributed by atoms with van der Waals surface area (Å²) in [5.41, 5.74) is 1.54.